The van der Waals surface area contributed by atoms with Crippen LogP contribution in [0.25, 0.3) is 10.6 Å². The van der Waals surface area contributed by atoms with Gasteiger partial charge in [0.1, 0.15) is 6.10 Å². The highest BCUT2D eigenvalue weighted by molar-refractivity contribution is 7.18. The van der Waals surface area contributed by atoms with Gasteiger partial charge in [0.15, 0.2) is 5.13 Å². The molecular formula is C23H24N4O4S2. The van der Waals surface area contributed by atoms with Crippen molar-refractivity contribution in [3.63, 3.8) is 0 Å². The Morgan fingerprint density at radius 3 is 2.76 bits per heavy atom. The molecule has 0 spiro atoms. The number of anilines is 2. The topological polar surface area (TPSA) is 109 Å². The number of thiazole rings is 1. The third kappa shape index (κ3) is 5.84. The fraction of sp³-hybridized carbons (Fsp3) is 0.304. The van der Waals surface area contributed by atoms with Crippen LogP contribution in [0.1, 0.15) is 39.9 Å². The van der Waals surface area contributed by atoms with Crippen LogP contribution < -0.4 is 16.0 Å². The lowest BCUT2D eigenvalue weighted by Gasteiger charge is -2.11. The van der Waals surface area contributed by atoms with Gasteiger partial charge in [-0.05, 0) is 50.1 Å². The van der Waals surface area contributed by atoms with E-state index in [1.807, 2.05) is 19.1 Å². The zero-order valence-corrected chi connectivity index (χ0v) is 19.9. The van der Waals surface area contributed by atoms with Crippen LogP contribution in [0.3, 0.4) is 0 Å². The molecule has 0 radical (unpaired) electrons. The van der Waals surface area contributed by atoms with Crippen LogP contribution in [-0.4, -0.2) is 35.4 Å². The van der Waals surface area contributed by atoms with Gasteiger partial charge in [-0.1, -0.05) is 6.07 Å². The maximum Gasteiger partial charge on any atom is 0.257 e. The normalized spacial score (nSPS) is 15.3. The number of nitrogens with one attached hydrogen (secondary N) is 3. The molecular weight excluding hydrogens is 460 g/mol. The predicted molar refractivity (Wildman–Crippen MR) is 130 cm³/mol. The molecule has 33 heavy (non-hydrogen) atoms. The van der Waals surface area contributed by atoms with E-state index < -0.39 is 6.10 Å². The molecule has 1 saturated heterocycles. The summed E-state index contributed by atoms with van der Waals surface area (Å²) < 4.78 is 5.40. The summed E-state index contributed by atoms with van der Waals surface area (Å²) in [4.78, 5) is 43.8. The van der Waals surface area contributed by atoms with E-state index >= 15 is 0 Å². The molecule has 3 N–H and O–H groups in total. The molecule has 172 valence electrons. The van der Waals surface area contributed by atoms with Crippen molar-refractivity contribution in [2.45, 2.75) is 39.3 Å². The molecule has 4 rings (SSSR count). The summed E-state index contributed by atoms with van der Waals surface area (Å²) in [6.45, 7) is 4.52. The molecule has 1 atom stereocenters. The number of aromatic nitrogens is 1. The van der Waals surface area contributed by atoms with Gasteiger partial charge in [-0.25, -0.2) is 4.98 Å². The Bertz CT molecular complexity index is 1180. The largest absolute Gasteiger partial charge is 0.368 e. The van der Waals surface area contributed by atoms with Crippen molar-refractivity contribution in [1.29, 1.82) is 0 Å². The minimum atomic E-state index is -0.435. The minimum Gasteiger partial charge on any atom is -0.368 e. The van der Waals surface area contributed by atoms with Gasteiger partial charge in [0.25, 0.3) is 11.8 Å². The molecule has 0 bridgehead atoms. The van der Waals surface area contributed by atoms with Gasteiger partial charge >= 0.3 is 0 Å². The molecule has 1 unspecified atom stereocenters. The van der Waals surface area contributed by atoms with Crippen LogP contribution in [-0.2, 0) is 20.9 Å². The molecule has 8 nitrogen and oxygen atoms in total. The minimum absolute atomic E-state index is 0.0738. The van der Waals surface area contributed by atoms with Gasteiger partial charge in [0.05, 0.1) is 17.1 Å². The van der Waals surface area contributed by atoms with E-state index in [9.17, 15) is 14.4 Å². The van der Waals surface area contributed by atoms with Gasteiger partial charge in [0.2, 0.25) is 5.91 Å². The van der Waals surface area contributed by atoms with E-state index in [1.165, 1.54) is 18.3 Å². The third-order valence-corrected chi connectivity index (χ3v) is 7.02. The highest BCUT2D eigenvalue weighted by Crippen LogP contribution is 2.35. The standard InChI is InChI=1S/C23H24N4O4S2/c1-13-20(19-9-8-17(33-19)12-24-14(2)28)26-23(32-13)27-21(29)15-5-3-6-16(11-15)25-22(30)18-7-4-10-31-18/h3,5-6,8-9,11,18H,4,7,10,12H2,1-2H3,(H,24,28)(H,25,30)(H,26,27,29). The molecule has 0 saturated carbocycles. The number of benzene rings is 1. The van der Waals surface area contributed by atoms with E-state index in [2.05, 4.69) is 20.9 Å². The predicted octanol–water partition coefficient (Wildman–Crippen LogP) is 4.19. The van der Waals surface area contributed by atoms with Gasteiger partial charge in [-0.2, -0.15) is 0 Å². The smallest absolute Gasteiger partial charge is 0.257 e. The van der Waals surface area contributed by atoms with Crippen molar-refractivity contribution in [2.75, 3.05) is 17.2 Å². The highest BCUT2D eigenvalue weighted by Gasteiger charge is 2.23. The molecule has 2 aromatic heterocycles. The number of carbonyl (C=O) groups is 3. The van der Waals surface area contributed by atoms with Crippen molar-refractivity contribution < 1.29 is 19.1 Å². The van der Waals surface area contributed by atoms with Crippen LogP contribution >= 0.6 is 22.7 Å². The fourth-order valence-corrected chi connectivity index (χ4v) is 5.29. The molecule has 3 aromatic rings. The van der Waals surface area contributed by atoms with Crippen LogP contribution in [0.4, 0.5) is 10.8 Å². The molecule has 1 aliphatic heterocycles. The first-order chi connectivity index (χ1) is 15.9. The average molecular weight is 485 g/mol. The number of hydrogen-bond acceptors (Lipinski definition) is 7. The number of amides is 3. The van der Waals surface area contributed by atoms with Gasteiger partial charge < -0.3 is 15.4 Å². The summed E-state index contributed by atoms with van der Waals surface area (Å²) >= 11 is 2.95. The lowest BCUT2D eigenvalue weighted by atomic mass is 10.1. The molecule has 1 fully saturated rings. The quantitative estimate of drug-likeness (QED) is 0.466. The van der Waals surface area contributed by atoms with Crippen molar-refractivity contribution in [3.05, 3.63) is 51.7 Å². The van der Waals surface area contributed by atoms with Crippen molar-refractivity contribution >= 4 is 51.2 Å². The lowest BCUT2D eigenvalue weighted by Crippen LogP contribution is -2.27. The summed E-state index contributed by atoms with van der Waals surface area (Å²) in [7, 11) is 0. The van der Waals surface area contributed by atoms with Crippen molar-refractivity contribution in [3.8, 4) is 10.6 Å². The maximum absolute atomic E-state index is 12.8. The Hall–Kier alpha value is -3.08. The first kappa shape index (κ1) is 23.1. The lowest BCUT2D eigenvalue weighted by molar-refractivity contribution is -0.124. The van der Waals surface area contributed by atoms with E-state index in [4.69, 9.17) is 4.74 Å². The van der Waals surface area contributed by atoms with Gasteiger partial charge in [0, 0.05) is 34.5 Å². The second kappa shape index (κ2) is 10.2. The number of hydrogen-bond donors (Lipinski definition) is 3. The van der Waals surface area contributed by atoms with E-state index in [1.54, 1.807) is 35.6 Å². The zero-order chi connectivity index (χ0) is 23.4. The fourth-order valence-electron chi connectivity index (χ4n) is 3.40. The van der Waals surface area contributed by atoms with Crippen molar-refractivity contribution in [1.82, 2.24) is 10.3 Å². The first-order valence-electron chi connectivity index (χ1n) is 10.5. The monoisotopic (exact) mass is 484 g/mol. The molecule has 1 aromatic carbocycles. The van der Waals surface area contributed by atoms with E-state index in [-0.39, 0.29) is 17.7 Å². The second-order valence-corrected chi connectivity index (χ2v) is 10.00. The third-order valence-electron chi connectivity index (χ3n) is 5.04. The van der Waals surface area contributed by atoms with Gasteiger partial charge in [-0.3, -0.25) is 19.7 Å². The number of nitrogens with zero attached hydrogens (tertiary/aromatic N) is 1. The molecule has 3 heterocycles. The number of carbonyl (C=O) groups excluding carboxylic acids is 3. The molecule has 1 aliphatic rings. The molecule has 3 amide bonds. The number of thiophene rings is 1. The van der Waals surface area contributed by atoms with Crippen LogP contribution in [0.15, 0.2) is 36.4 Å². The van der Waals surface area contributed by atoms with E-state index in [0.717, 1.165) is 26.7 Å². The Labute approximate surface area is 199 Å². The Kier molecular flexibility index (Phi) is 7.17. The Morgan fingerprint density at radius 1 is 1.15 bits per heavy atom. The van der Waals surface area contributed by atoms with Crippen LogP contribution in [0.2, 0.25) is 0 Å². The average Bonchev–Trinajstić information content (AvgIpc) is 3.54. The highest BCUT2D eigenvalue weighted by atomic mass is 32.1. The summed E-state index contributed by atoms with van der Waals surface area (Å²) in [5.41, 5.74) is 1.78. The Morgan fingerprint density at radius 2 is 2.00 bits per heavy atom. The first-order valence-corrected chi connectivity index (χ1v) is 12.2. The van der Waals surface area contributed by atoms with Crippen molar-refractivity contribution in [2.24, 2.45) is 0 Å². The Balaban J connectivity index is 1.42. The second-order valence-electron chi connectivity index (χ2n) is 7.63. The zero-order valence-electron chi connectivity index (χ0n) is 18.3. The number of aryl methyl sites for hydroxylation is 1. The SMILES string of the molecule is CC(=O)NCc1ccc(-c2nc(NC(=O)c3cccc(NC(=O)C4CCCO4)c3)sc2C)s1. The van der Waals surface area contributed by atoms with Crippen LogP contribution in [0, 0.1) is 6.92 Å². The summed E-state index contributed by atoms with van der Waals surface area (Å²) in [5.74, 6) is -0.574. The van der Waals surface area contributed by atoms with E-state index in [0.29, 0.717) is 36.0 Å². The summed E-state index contributed by atoms with van der Waals surface area (Å²) in [5, 5.41) is 8.95. The number of ether oxygens (including phenoxy) is 1. The maximum atomic E-state index is 12.8. The molecule has 10 heteroatoms. The summed E-state index contributed by atoms with van der Waals surface area (Å²) in [6.07, 6.45) is 1.14. The summed E-state index contributed by atoms with van der Waals surface area (Å²) in [6, 6.07) is 10.7. The van der Waals surface area contributed by atoms with Crippen LogP contribution in [0.5, 0.6) is 0 Å². The molecule has 0 aliphatic carbocycles. The van der Waals surface area contributed by atoms with Gasteiger partial charge in [-0.15, -0.1) is 22.7 Å². The number of rotatable bonds is 7.